The van der Waals surface area contributed by atoms with Crippen LogP contribution in [0.1, 0.15) is 17.3 Å². The molecule has 8 heteroatoms. The van der Waals surface area contributed by atoms with Crippen molar-refractivity contribution in [3.8, 4) is 5.75 Å². The van der Waals surface area contributed by atoms with Crippen LogP contribution < -0.4 is 4.74 Å². The Bertz CT molecular complexity index is 784. The number of hydrogen-bond donors (Lipinski definition) is 0. The summed E-state index contributed by atoms with van der Waals surface area (Å²) >= 11 is 0. The number of carbonyl (C=O) groups is 2. The normalized spacial score (nSPS) is 10.5. The Morgan fingerprint density at radius 3 is 2.30 bits per heavy atom. The molecule has 0 bridgehead atoms. The summed E-state index contributed by atoms with van der Waals surface area (Å²) in [6.45, 7) is 1.23. The quantitative estimate of drug-likeness (QED) is 0.208. The van der Waals surface area contributed by atoms with E-state index in [0.29, 0.717) is 17.7 Å². The second kappa shape index (κ2) is 7.03. The van der Waals surface area contributed by atoms with Gasteiger partial charge in [-0.3, -0.25) is 19.7 Å². The number of nitro benzene ring substituents is 1. The summed E-state index contributed by atoms with van der Waals surface area (Å²) in [4.78, 5) is 32.0. The average molecular weight is 313 g/mol. The van der Waals surface area contributed by atoms with E-state index >= 15 is 0 Å². The van der Waals surface area contributed by atoms with Gasteiger partial charge >= 0.3 is 5.97 Å². The van der Waals surface area contributed by atoms with Crippen molar-refractivity contribution < 1.29 is 19.2 Å². The molecule has 0 aromatic heterocycles. The van der Waals surface area contributed by atoms with Gasteiger partial charge in [-0.15, -0.1) is 0 Å². The number of non-ortho nitro benzene ring substituents is 1. The third-order valence-corrected chi connectivity index (χ3v) is 2.72. The van der Waals surface area contributed by atoms with Crippen LogP contribution in [0.15, 0.2) is 52.7 Å². The SMILES string of the molecule is CC(=O)Oc1ccc(N=Nc2ccc([N+](=O)[O-])cc2)cc1C=O. The molecule has 2 rings (SSSR count). The number of nitrogens with zero attached hydrogens (tertiary/aromatic N) is 3. The molecule has 0 amide bonds. The van der Waals surface area contributed by atoms with Gasteiger partial charge in [-0.1, -0.05) is 0 Å². The van der Waals surface area contributed by atoms with Crippen molar-refractivity contribution in [2.45, 2.75) is 6.92 Å². The predicted octanol–water partition coefficient (Wildman–Crippen LogP) is 3.75. The molecule has 0 aliphatic rings. The van der Waals surface area contributed by atoms with Crippen LogP contribution in [0, 0.1) is 10.1 Å². The van der Waals surface area contributed by atoms with E-state index in [9.17, 15) is 19.7 Å². The van der Waals surface area contributed by atoms with E-state index in [2.05, 4.69) is 10.2 Å². The van der Waals surface area contributed by atoms with E-state index < -0.39 is 10.9 Å². The van der Waals surface area contributed by atoms with E-state index in [-0.39, 0.29) is 17.0 Å². The molecule has 0 aliphatic heterocycles. The van der Waals surface area contributed by atoms with Crippen molar-refractivity contribution in [3.63, 3.8) is 0 Å². The highest BCUT2D eigenvalue weighted by Gasteiger charge is 2.07. The molecule has 0 radical (unpaired) electrons. The number of nitro groups is 1. The number of rotatable bonds is 5. The monoisotopic (exact) mass is 313 g/mol. The number of benzene rings is 2. The molecule has 116 valence electrons. The minimum atomic E-state index is -0.534. The highest BCUT2D eigenvalue weighted by Crippen LogP contribution is 2.25. The lowest BCUT2D eigenvalue weighted by atomic mass is 10.2. The number of hydrogen-bond acceptors (Lipinski definition) is 7. The highest BCUT2D eigenvalue weighted by atomic mass is 16.6. The summed E-state index contributed by atoms with van der Waals surface area (Å²) in [5.74, 6) is -0.393. The molecule has 0 saturated carbocycles. The van der Waals surface area contributed by atoms with Crippen LogP contribution in [-0.4, -0.2) is 17.2 Å². The fourth-order valence-electron chi connectivity index (χ4n) is 1.69. The van der Waals surface area contributed by atoms with Gasteiger partial charge < -0.3 is 4.74 Å². The molecular weight excluding hydrogens is 302 g/mol. The van der Waals surface area contributed by atoms with Crippen molar-refractivity contribution in [3.05, 3.63) is 58.1 Å². The van der Waals surface area contributed by atoms with Crippen LogP contribution in [0.5, 0.6) is 5.75 Å². The molecule has 2 aromatic rings. The second-order valence-corrected chi connectivity index (χ2v) is 4.41. The molecule has 23 heavy (non-hydrogen) atoms. The van der Waals surface area contributed by atoms with Crippen LogP contribution in [0.2, 0.25) is 0 Å². The van der Waals surface area contributed by atoms with Crippen LogP contribution >= 0.6 is 0 Å². The molecule has 0 unspecified atom stereocenters. The first-order valence-electron chi connectivity index (χ1n) is 6.43. The molecule has 0 fully saturated rings. The van der Waals surface area contributed by atoms with E-state index in [1.165, 1.54) is 49.4 Å². The topological polar surface area (TPSA) is 111 Å². The van der Waals surface area contributed by atoms with E-state index in [1.807, 2.05) is 0 Å². The lowest BCUT2D eigenvalue weighted by Gasteiger charge is -2.04. The van der Waals surface area contributed by atoms with Crippen LogP contribution in [0.3, 0.4) is 0 Å². The molecule has 0 saturated heterocycles. The zero-order valence-electron chi connectivity index (χ0n) is 12.0. The third-order valence-electron chi connectivity index (χ3n) is 2.72. The standard InChI is InChI=1S/C15H11N3O5/c1-10(20)23-15-7-4-13(8-11(15)9-19)17-16-12-2-5-14(6-3-12)18(21)22/h2-9H,1H3. The first-order valence-corrected chi connectivity index (χ1v) is 6.43. The minimum absolute atomic E-state index is 0.0436. The van der Waals surface area contributed by atoms with E-state index in [1.54, 1.807) is 0 Å². The van der Waals surface area contributed by atoms with Crippen LogP contribution in [0.4, 0.5) is 17.1 Å². The largest absolute Gasteiger partial charge is 0.426 e. The Labute approximate surface area is 130 Å². The lowest BCUT2D eigenvalue weighted by molar-refractivity contribution is -0.384. The van der Waals surface area contributed by atoms with Crippen molar-refractivity contribution in [2.24, 2.45) is 10.2 Å². The van der Waals surface area contributed by atoms with Crippen molar-refractivity contribution in [1.82, 2.24) is 0 Å². The smallest absolute Gasteiger partial charge is 0.308 e. The zero-order valence-corrected chi connectivity index (χ0v) is 12.0. The van der Waals surface area contributed by atoms with Crippen molar-refractivity contribution in [1.29, 1.82) is 0 Å². The average Bonchev–Trinajstić information content (AvgIpc) is 2.53. The number of aldehydes is 1. The maximum Gasteiger partial charge on any atom is 0.308 e. The summed E-state index contributed by atoms with van der Waals surface area (Å²) in [6.07, 6.45) is 0.545. The second-order valence-electron chi connectivity index (χ2n) is 4.41. The molecule has 2 aromatic carbocycles. The Morgan fingerprint density at radius 2 is 1.74 bits per heavy atom. The fraction of sp³-hybridized carbons (Fsp3) is 0.0667. The zero-order chi connectivity index (χ0) is 16.8. The number of azo groups is 1. The van der Waals surface area contributed by atoms with Gasteiger partial charge in [0, 0.05) is 19.1 Å². The van der Waals surface area contributed by atoms with Gasteiger partial charge in [-0.05, 0) is 30.3 Å². The summed E-state index contributed by atoms with van der Waals surface area (Å²) in [7, 11) is 0. The Morgan fingerprint density at radius 1 is 1.13 bits per heavy atom. The molecule has 0 aliphatic carbocycles. The maximum absolute atomic E-state index is 11.0. The Balaban J connectivity index is 2.20. The molecule has 0 atom stereocenters. The minimum Gasteiger partial charge on any atom is -0.426 e. The van der Waals surface area contributed by atoms with Gasteiger partial charge in [-0.25, -0.2) is 0 Å². The molecular formula is C15H11N3O5. The molecule has 0 heterocycles. The van der Waals surface area contributed by atoms with Crippen molar-refractivity contribution >= 4 is 29.3 Å². The van der Waals surface area contributed by atoms with E-state index in [0.717, 1.165) is 0 Å². The van der Waals surface area contributed by atoms with Gasteiger partial charge in [-0.2, -0.15) is 10.2 Å². The lowest BCUT2D eigenvalue weighted by Crippen LogP contribution is -2.03. The maximum atomic E-state index is 11.0. The molecule has 8 nitrogen and oxygen atoms in total. The van der Waals surface area contributed by atoms with Crippen molar-refractivity contribution in [2.75, 3.05) is 0 Å². The predicted molar refractivity (Wildman–Crippen MR) is 80.4 cm³/mol. The van der Waals surface area contributed by atoms with Gasteiger partial charge in [0.1, 0.15) is 5.75 Å². The summed E-state index contributed by atoms with van der Waals surface area (Å²) in [6, 6.07) is 9.92. The third kappa shape index (κ3) is 4.27. The van der Waals surface area contributed by atoms with Crippen LogP contribution in [-0.2, 0) is 4.79 Å². The summed E-state index contributed by atoms with van der Waals surface area (Å²) in [5.41, 5.74) is 0.923. The molecule has 0 N–H and O–H groups in total. The molecule has 0 spiro atoms. The highest BCUT2D eigenvalue weighted by molar-refractivity contribution is 5.83. The van der Waals surface area contributed by atoms with Crippen LogP contribution in [0.25, 0.3) is 0 Å². The number of esters is 1. The van der Waals surface area contributed by atoms with E-state index in [4.69, 9.17) is 4.74 Å². The van der Waals surface area contributed by atoms with Gasteiger partial charge in [0.25, 0.3) is 5.69 Å². The number of ether oxygens (including phenoxy) is 1. The first kappa shape index (κ1) is 16.0. The Kier molecular flexibility index (Phi) is 4.88. The summed E-state index contributed by atoms with van der Waals surface area (Å²) < 4.78 is 4.88. The fourth-order valence-corrected chi connectivity index (χ4v) is 1.69. The number of carbonyl (C=O) groups excluding carboxylic acids is 2. The van der Waals surface area contributed by atoms with Gasteiger partial charge in [0.05, 0.1) is 21.9 Å². The van der Waals surface area contributed by atoms with Gasteiger partial charge in [0.15, 0.2) is 6.29 Å². The van der Waals surface area contributed by atoms with Gasteiger partial charge in [0.2, 0.25) is 0 Å². The Hall–Kier alpha value is -3.42. The first-order chi connectivity index (χ1) is 11.0. The summed E-state index contributed by atoms with van der Waals surface area (Å²) in [5, 5.41) is 18.4.